The van der Waals surface area contributed by atoms with E-state index < -0.39 is 0 Å². The first-order chi connectivity index (χ1) is 15.2. The molecule has 0 saturated heterocycles. The number of nitrogens with zero attached hydrogens (tertiary/aromatic N) is 5. The van der Waals surface area contributed by atoms with Crippen LogP contribution in [0.4, 0.5) is 28.8 Å². The molecule has 1 aromatic carbocycles. The number of aromatic nitrogens is 5. The Hall–Kier alpha value is -3.92. The van der Waals surface area contributed by atoms with E-state index >= 15 is 0 Å². The molecule has 0 unspecified atom stereocenters. The van der Waals surface area contributed by atoms with Crippen molar-refractivity contribution in [3.05, 3.63) is 71.6 Å². The smallest absolute Gasteiger partial charge is 0.269 e. The Bertz CT molecular complexity index is 1150. The molecule has 31 heavy (non-hydrogen) atoms. The number of nitrogens with one attached hydrogen (secondary N) is 3. The Balaban J connectivity index is 1.39. The monoisotopic (exact) mass is 432 g/mol. The number of benzene rings is 1. The normalized spacial score (nSPS) is 10.5. The van der Waals surface area contributed by atoms with Crippen LogP contribution in [0.3, 0.4) is 0 Å². The first-order valence-electron chi connectivity index (χ1n) is 9.71. The summed E-state index contributed by atoms with van der Waals surface area (Å²) in [7, 11) is 0. The number of carbonyl (C=O) groups is 1. The van der Waals surface area contributed by atoms with E-state index in [1.165, 1.54) is 6.33 Å². The van der Waals surface area contributed by atoms with Crippen LogP contribution >= 0.6 is 11.5 Å². The Kier molecular flexibility index (Phi) is 6.38. The van der Waals surface area contributed by atoms with Crippen LogP contribution in [0.15, 0.2) is 61.1 Å². The van der Waals surface area contributed by atoms with Crippen LogP contribution < -0.4 is 16.0 Å². The molecule has 0 aliphatic rings. The van der Waals surface area contributed by atoms with Crippen molar-refractivity contribution >= 4 is 46.3 Å². The first kappa shape index (κ1) is 20.4. The summed E-state index contributed by atoms with van der Waals surface area (Å²) in [5, 5.41) is 13.3. The van der Waals surface area contributed by atoms with E-state index in [2.05, 4.69) is 40.5 Å². The molecule has 0 aliphatic heterocycles. The molecule has 9 nitrogen and oxygen atoms in total. The number of rotatable bonds is 8. The maximum atomic E-state index is 12.5. The second kappa shape index (κ2) is 9.72. The summed E-state index contributed by atoms with van der Waals surface area (Å²) in [6, 6.07) is 14.8. The summed E-state index contributed by atoms with van der Waals surface area (Å²) in [5.41, 5.74) is 2.25. The van der Waals surface area contributed by atoms with Gasteiger partial charge < -0.3 is 16.0 Å². The van der Waals surface area contributed by atoms with E-state index in [-0.39, 0.29) is 5.91 Å². The summed E-state index contributed by atoms with van der Waals surface area (Å²) >= 11 is 1.11. The molecule has 0 aliphatic carbocycles. The summed E-state index contributed by atoms with van der Waals surface area (Å²) in [5.74, 6) is 1.76. The van der Waals surface area contributed by atoms with Crippen molar-refractivity contribution in [3.63, 3.8) is 0 Å². The lowest BCUT2D eigenvalue weighted by Gasteiger charge is -2.09. The third-order valence-electron chi connectivity index (χ3n) is 4.25. The first-order valence-corrected chi connectivity index (χ1v) is 10.5. The molecule has 10 heteroatoms. The topological polar surface area (TPSA) is 118 Å². The third-order valence-corrected chi connectivity index (χ3v) is 5.02. The van der Waals surface area contributed by atoms with Gasteiger partial charge in [0.15, 0.2) is 0 Å². The highest BCUT2D eigenvalue weighted by Gasteiger charge is 2.15. The largest absolute Gasteiger partial charge is 0.340 e. The van der Waals surface area contributed by atoms with Crippen molar-refractivity contribution < 1.29 is 4.79 Å². The van der Waals surface area contributed by atoms with Crippen molar-refractivity contribution in [1.29, 1.82) is 0 Å². The van der Waals surface area contributed by atoms with Crippen LogP contribution in [-0.2, 0) is 6.42 Å². The minimum atomic E-state index is -0.194. The average Bonchev–Trinajstić information content (AvgIpc) is 3.25. The molecule has 1 amide bonds. The zero-order valence-corrected chi connectivity index (χ0v) is 17.6. The van der Waals surface area contributed by atoms with Gasteiger partial charge in [0.2, 0.25) is 0 Å². The maximum Gasteiger partial charge on any atom is 0.269 e. The molecule has 0 bridgehead atoms. The molecule has 3 heterocycles. The van der Waals surface area contributed by atoms with Gasteiger partial charge >= 0.3 is 0 Å². The zero-order valence-electron chi connectivity index (χ0n) is 16.7. The molecular weight excluding hydrogens is 412 g/mol. The summed E-state index contributed by atoms with van der Waals surface area (Å²) in [6.45, 7) is 2.04. The fourth-order valence-corrected chi connectivity index (χ4v) is 3.42. The number of hydrogen-bond acceptors (Lipinski definition) is 9. The number of amides is 1. The Morgan fingerprint density at radius 1 is 0.935 bits per heavy atom. The second-order valence-corrected chi connectivity index (χ2v) is 7.34. The summed E-state index contributed by atoms with van der Waals surface area (Å²) in [6.07, 6.45) is 4.82. The van der Waals surface area contributed by atoms with E-state index in [0.717, 1.165) is 35.8 Å². The lowest BCUT2D eigenvalue weighted by molar-refractivity contribution is 0.102. The van der Waals surface area contributed by atoms with Gasteiger partial charge in [0.05, 0.1) is 5.69 Å². The van der Waals surface area contributed by atoms with Crippen molar-refractivity contribution in [3.8, 4) is 0 Å². The fraction of sp³-hybridized carbons (Fsp3) is 0.143. The summed E-state index contributed by atoms with van der Waals surface area (Å²) < 4.78 is 3.90. The van der Waals surface area contributed by atoms with Gasteiger partial charge in [-0.25, -0.2) is 15.0 Å². The number of pyridine rings is 1. The fourth-order valence-electron chi connectivity index (χ4n) is 2.82. The molecule has 0 spiro atoms. The predicted molar refractivity (Wildman–Crippen MR) is 121 cm³/mol. The highest BCUT2D eigenvalue weighted by molar-refractivity contribution is 7.08. The quantitative estimate of drug-likeness (QED) is 0.375. The number of hydrogen-bond donors (Lipinski definition) is 3. The molecule has 3 N–H and O–H groups in total. The molecule has 0 saturated carbocycles. The van der Waals surface area contributed by atoms with E-state index in [4.69, 9.17) is 0 Å². The van der Waals surface area contributed by atoms with Crippen molar-refractivity contribution in [1.82, 2.24) is 24.5 Å². The molecule has 3 aromatic heterocycles. The lowest BCUT2D eigenvalue weighted by Crippen LogP contribution is -2.12. The van der Waals surface area contributed by atoms with Gasteiger partial charge in [-0.05, 0) is 54.4 Å². The standard InChI is InChI=1S/C21H20N8OS/c1-2-5-16-20(31-29-28-16)21(30)26-15-9-7-14(8-10-15)25-18-12-19(24-13-23-18)27-17-6-3-4-11-22-17/h3-4,6-13H,2,5H2,1H3,(H,26,30)(H2,22,23,24,25,27). The minimum absolute atomic E-state index is 0.194. The highest BCUT2D eigenvalue weighted by Crippen LogP contribution is 2.21. The van der Waals surface area contributed by atoms with Crippen LogP contribution in [-0.4, -0.2) is 30.4 Å². The summed E-state index contributed by atoms with van der Waals surface area (Å²) in [4.78, 5) is 25.7. The van der Waals surface area contributed by atoms with Gasteiger partial charge in [0, 0.05) is 23.6 Å². The highest BCUT2D eigenvalue weighted by atomic mass is 32.1. The van der Waals surface area contributed by atoms with Crippen LogP contribution in [0, 0.1) is 0 Å². The van der Waals surface area contributed by atoms with Gasteiger partial charge in [0.25, 0.3) is 5.91 Å². The number of carbonyl (C=O) groups excluding carboxylic acids is 1. The second-order valence-electron chi connectivity index (χ2n) is 6.58. The van der Waals surface area contributed by atoms with Gasteiger partial charge in [-0.2, -0.15) is 0 Å². The SMILES string of the molecule is CCCc1nnsc1C(=O)Nc1ccc(Nc2cc(Nc3ccccn3)ncn2)cc1. The maximum absolute atomic E-state index is 12.5. The zero-order chi connectivity index (χ0) is 21.5. The van der Waals surface area contributed by atoms with E-state index in [9.17, 15) is 4.79 Å². The number of anilines is 5. The van der Waals surface area contributed by atoms with Crippen LogP contribution in [0.25, 0.3) is 0 Å². The minimum Gasteiger partial charge on any atom is -0.340 e. The van der Waals surface area contributed by atoms with Gasteiger partial charge in [-0.3, -0.25) is 4.79 Å². The molecule has 4 aromatic rings. The van der Waals surface area contributed by atoms with Crippen molar-refractivity contribution in [2.45, 2.75) is 19.8 Å². The Morgan fingerprint density at radius 3 is 2.45 bits per heavy atom. The molecular formula is C21H20N8OS. The molecule has 0 radical (unpaired) electrons. The predicted octanol–water partition coefficient (Wildman–Crippen LogP) is 4.42. The molecule has 0 fully saturated rings. The van der Waals surface area contributed by atoms with E-state index in [1.807, 2.05) is 49.4 Å². The number of aryl methyl sites for hydroxylation is 1. The van der Waals surface area contributed by atoms with E-state index in [0.29, 0.717) is 28.0 Å². The van der Waals surface area contributed by atoms with Gasteiger partial charge in [-0.1, -0.05) is 23.9 Å². The van der Waals surface area contributed by atoms with Gasteiger partial charge in [-0.15, -0.1) is 5.10 Å². The Labute approximate surface area is 183 Å². The molecule has 0 atom stereocenters. The van der Waals surface area contributed by atoms with Crippen LogP contribution in [0.5, 0.6) is 0 Å². The van der Waals surface area contributed by atoms with Gasteiger partial charge in [0.1, 0.15) is 28.7 Å². The molecule has 156 valence electrons. The average molecular weight is 433 g/mol. The van der Waals surface area contributed by atoms with Crippen LogP contribution in [0.2, 0.25) is 0 Å². The Morgan fingerprint density at radius 2 is 1.71 bits per heavy atom. The third kappa shape index (κ3) is 5.37. The van der Waals surface area contributed by atoms with Crippen LogP contribution in [0.1, 0.15) is 28.7 Å². The lowest BCUT2D eigenvalue weighted by atomic mass is 10.2. The van der Waals surface area contributed by atoms with Crippen molar-refractivity contribution in [2.75, 3.05) is 16.0 Å². The van der Waals surface area contributed by atoms with Crippen molar-refractivity contribution in [2.24, 2.45) is 0 Å². The van der Waals surface area contributed by atoms with E-state index in [1.54, 1.807) is 12.3 Å². The molecule has 4 rings (SSSR count).